The Hall–Kier alpha value is -1.04. The van der Waals surface area contributed by atoms with E-state index in [1.165, 1.54) is 6.34 Å². The summed E-state index contributed by atoms with van der Waals surface area (Å²) in [5.74, 6) is -0.256. The maximum absolute atomic E-state index is 11.0. The van der Waals surface area contributed by atoms with E-state index in [0.29, 0.717) is 10.3 Å². The summed E-state index contributed by atoms with van der Waals surface area (Å²) in [6, 6.07) is -0.477. The van der Waals surface area contributed by atoms with Crippen molar-refractivity contribution in [3.05, 3.63) is 0 Å². The Bertz CT molecular complexity index is 306. The molecule has 0 aromatic carbocycles. The third kappa shape index (κ3) is 0.900. The predicted molar refractivity (Wildman–Crippen MR) is 44.2 cm³/mol. The fourth-order valence-electron chi connectivity index (χ4n) is 0.881. The monoisotopic (exact) mass is 214 g/mol. The average Bonchev–Trinajstić information content (AvgIpc) is 2.35. The molecule has 0 saturated carbocycles. The maximum Gasteiger partial charge on any atom is 0.277 e. The van der Waals surface area contributed by atoms with Crippen molar-refractivity contribution in [1.82, 2.24) is 5.43 Å². The van der Waals surface area contributed by atoms with Gasteiger partial charge in [-0.1, -0.05) is 0 Å². The Kier molecular flexibility index (Phi) is 1.35. The van der Waals surface area contributed by atoms with Gasteiger partial charge in [-0.3, -0.25) is 10.2 Å². The molecule has 1 N–H and O–H groups in total. The first-order chi connectivity index (χ1) is 5.29. The predicted octanol–water partition coefficient (Wildman–Crippen LogP) is -0.324. The number of amides is 1. The SMILES string of the molecule is O=C1N=CN=C2C(Br)=NNC12. The molecule has 1 amide bonds. The Labute approximate surface area is 70.4 Å². The first-order valence-electron chi connectivity index (χ1n) is 2.92. The summed E-state index contributed by atoms with van der Waals surface area (Å²) >= 11 is 3.15. The van der Waals surface area contributed by atoms with Crippen LogP contribution in [0.1, 0.15) is 0 Å². The molecule has 0 fully saturated rings. The van der Waals surface area contributed by atoms with Crippen molar-refractivity contribution < 1.29 is 4.79 Å². The third-order valence-electron chi connectivity index (χ3n) is 1.41. The Morgan fingerprint density at radius 2 is 2.45 bits per heavy atom. The average molecular weight is 215 g/mol. The molecule has 2 rings (SSSR count). The second kappa shape index (κ2) is 2.23. The van der Waals surface area contributed by atoms with Crippen molar-refractivity contribution in [1.29, 1.82) is 0 Å². The second-order valence-corrected chi connectivity index (χ2v) is 2.81. The van der Waals surface area contributed by atoms with Gasteiger partial charge in [0, 0.05) is 0 Å². The number of fused-ring (bicyclic) bond motifs is 1. The van der Waals surface area contributed by atoms with Gasteiger partial charge in [0.05, 0.1) is 0 Å². The zero-order chi connectivity index (χ0) is 7.84. The number of nitrogens with one attached hydrogen (secondary N) is 1. The van der Waals surface area contributed by atoms with Crippen LogP contribution in [0.3, 0.4) is 0 Å². The lowest BCUT2D eigenvalue weighted by Gasteiger charge is -2.07. The molecule has 0 aromatic heterocycles. The van der Waals surface area contributed by atoms with Crippen LogP contribution in [-0.2, 0) is 4.79 Å². The van der Waals surface area contributed by atoms with Crippen molar-refractivity contribution >= 4 is 38.5 Å². The molecule has 0 bridgehead atoms. The number of hydrazone groups is 1. The molecule has 1 unspecified atom stereocenters. The molecule has 2 heterocycles. The normalized spacial score (nSPS) is 27.4. The number of aliphatic imine (C=N–C) groups is 2. The van der Waals surface area contributed by atoms with Crippen LogP contribution >= 0.6 is 15.9 Å². The lowest BCUT2D eigenvalue weighted by atomic mass is 10.2. The van der Waals surface area contributed by atoms with Crippen molar-refractivity contribution in [2.75, 3.05) is 0 Å². The van der Waals surface area contributed by atoms with Crippen LogP contribution in [0.5, 0.6) is 0 Å². The van der Waals surface area contributed by atoms with E-state index in [9.17, 15) is 4.79 Å². The van der Waals surface area contributed by atoms with Gasteiger partial charge in [0.2, 0.25) is 0 Å². The fraction of sp³-hybridized carbons (Fsp3) is 0.200. The molecular formula is C5H3BrN4O. The molecule has 2 aliphatic rings. The van der Waals surface area contributed by atoms with Crippen molar-refractivity contribution in [2.45, 2.75) is 6.04 Å². The van der Waals surface area contributed by atoms with Gasteiger partial charge in [0.1, 0.15) is 16.7 Å². The van der Waals surface area contributed by atoms with Gasteiger partial charge in [-0.2, -0.15) is 10.1 Å². The third-order valence-corrected chi connectivity index (χ3v) is 1.99. The van der Waals surface area contributed by atoms with Crippen LogP contribution in [0.15, 0.2) is 15.1 Å². The molecule has 0 aliphatic carbocycles. The highest BCUT2D eigenvalue weighted by Gasteiger charge is 2.32. The summed E-state index contributed by atoms with van der Waals surface area (Å²) in [5.41, 5.74) is 3.21. The second-order valence-electron chi connectivity index (χ2n) is 2.06. The van der Waals surface area contributed by atoms with Gasteiger partial charge < -0.3 is 0 Å². The lowest BCUT2D eigenvalue weighted by molar-refractivity contribution is -0.118. The minimum absolute atomic E-state index is 0.256. The summed E-state index contributed by atoms with van der Waals surface area (Å²) in [7, 11) is 0. The maximum atomic E-state index is 11.0. The van der Waals surface area contributed by atoms with E-state index in [-0.39, 0.29) is 5.91 Å². The minimum Gasteiger partial charge on any atom is -0.290 e. The first-order valence-corrected chi connectivity index (χ1v) is 3.71. The Morgan fingerprint density at radius 3 is 3.18 bits per heavy atom. The molecule has 5 nitrogen and oxygen atoms in total. The van der Waals surface area contributed by atoms with Gasteiger partial charge in [-0.05, 0) is 15.9 Å². The van der Waals surface area contributed by atoms with Crippen molar-refractivity contribution in [3.63, 3.8) is 0 Å². The first kappa shape index (κ1) is 6.66. The van der Waals surface area contributed by atoms with Gasteiger partial charge in [-0.25, -0.2) is 4.99 Å². The highest BCUT2D eigenvalue weighted by molar-refractivity contribution is 9.19. The van der Waals surface area contributed by atoms with Gasteiger partial charge >= 0.3 is 0 Å². The van der Waals surface area contributed by atoms with Gasteiger partial charge in [-0.15, -0.1) is 0 Å². The van der Waals surface area contributed by atoms with Crippen LogP contribution in [0.25, 0.3) is 0 Å². The Balaban J connectivity index is 2.42. The van der Waals surface area contributed by atoms with E-state index in [4.69, 9.17) is 0 Å². The quantitative estimate of drug-likeness (QED) is 0.601. The van der Waals surface area contributed by atoms with Crippen LogP contribution in [0.4, 0.5) is 0 Å². The molecule has 0 radical (unpaired) electrons. The number of carbonyl (C=O) groups is 1. The van der Waals surface area contributed by atoms with Crippen LogP contribution in [0, 0.1) is 0 Å². The molecule has 1 atom stereocenters. The zero-order valence-electron chi connectivity index (χ0n) is 5.28. The summed E-state index contributed by atoms with van der Waals surface area (Å²) in [4.78, 5) is 18.4. The number of nitrogens with zero attached hydrogens (tertiary/aromatic N) is 3. The largest absolute Gasteiger partial charge is 0.290 e. The summed E-state index contributed by atoms with van der Waals surface area (Å²) in [6.07, 6.45) is 1.23. The van der Waals surface area contributed by atoms with Gasteiger partial charge in [0.25, 0.3) is 5.91 Å². The van der Waals surface area contributed by atoms with E-state index in [1.54, 1.807) is 0 Å². The number of hydrogen-bond donors (Lipinski definition) is 1. The lowest BCUT2D eigenvalue weighted by Crippen LogP contribution is -2.38. The van der Waals surface area contributed by atoms with Crippen LogP contribution < -0.4 is 5.43 Å². The van der Waals surface area contributed by atoms with E-state index in [2.05, 4.69) is 36.4 Å². The molecule has 2 aliphatic heterocycles. The Morgan fingerprint density at radius 1 is 1.64 bits per heavy atom. The van der Waals surface area contributed by atoms with E-state index < -0.39 is 6.04 Å². The van der Waals surface area contributed by atoms with E-state index in [0.717, 1.165) is 0 Å². The zero-order valence-corrected chi connectivity index (χ0v) is 6.87. The fourth-order valence-corrected chi connectivity index (χ4v) is 1.31. The molecule has 0 saturated heterocycles. The summed E-state index contributed by atoms with van der Waals surface area (Å²) in [5, 5.41) is 3.78. The van der Waals surface area contributed by atoms with E-state index in [1.807, 2.05) is 0 Å². The van der Waals surface area contributed by atoms with Crippen LogP contribution in [0.2, 0.25) is 0 Å². The number of carbonyl (C=O) groups excluding carboxylic acids is 1. The highest BCUT2D eigenvalue weighted by atomic mass is 79.9. The van der Waals surface area contributed by atoms with Gasteiger partial charge in [0.15, 0.2) is 6.04 Å². The highest BCUT2D eigenvalue weighted by Crippen LogP contribution is 2.09. The minimum atomic E-state index is -0.477. The van der Waals surface area contributed by atoms with Crippen molar-refractivity contribution in [2.24, 2.45) is 15.1 Å². The molecule has 11 heavy (non-hydrogen) atoms. The topological polar surface area (TPSA) is 66.2 Å². The molecule has 0 aromatic rings. The van der Waals surface area contributed by atoms with E-state index >= 15 is 0 Å². The van der Waals surface area contributed by atoms with Crippen LogP contribution in [-0.4, -0.2) is 28.6 Å². The molecule has 6 heteroatoms. The standard InChI is InChI=1S/C5H3BrN4O/c6-4-2-3(9-10-4)5(11)8-1-7-2/h1,3,9H. The summed E-state index contributed by atoms with van der Waals surface area (Å²) in [6.45, 7) is 0. The smallest absolute Gasteiger partial charge is 0.277 e. The number of halogens is 1. The van der Waals surface area contributed by atoms with Crippen molar-refractivity contribution in [3.8, 4) is 0 Å². The number of rotatable bonds is 0. The number of hydrogen-bond acceptors (Lipinski definition) is 4. The molecule has 56 valence electrons. The summed E-state index contributed by atoms with van der Waals surface area (Å²) < 4.78 is 0.571. The molecule has 0 spiro atoms. The molecular weight excluding hydrogens is 212 g/mol.